The highest BCUT2D eigenvalue weighted by molar-refractivity contribution is 9.10. The van der Waals surface area contributed by atoms with Crippen molar-refractivity contribution in [1.82, 2.24) is 9.97 Å². The van der Waals surface area contributed by atoms with Crippen molar-refractivity contribution in [2.24, 2.45) is 0 Å². The molecule has 0 fully saturated rings. The van der Waals surface area contributed by atoms with E-state index in [0.29, 0.717) is 12.5 Å². The molecule has 6 heteroatoms. The van der Waals surface area contributed by atoms with Crippen LogP contribution in [0.4, 0.5) is 0 Å². The van der Waals surface area contributed by atoms with Gasteiger partial charge in [-0.3, -0.25) is 0 Å². The predicted molar refractivity (Wildman–Crippen MR) is 85.6 cm³/mol. The van der Waals surface area contributed by atoms with Crippen molar-refractivity contribution in [2.45, 2.75) is 13.5 Å². The lowest BCUT2D eigenvalue weighted by atomic mass is 10.2. The van der Waals surface area contributed by atoms with Crippen molar-refractivity contribution in [1.29, 1.82) is 0 Å². The van der Waals surface area contributed by atoms with Crippen molar-refractivity contribution >= 4 is 49.1 Å². The Kier molecular flexibility index (Phi) is 3.92. The Hall–Kier alpha value is -1.17. The molecule has 3 rings (SSSR count). The molecule has 3 aromatic rings. The zero-order chi connectivity index (χ0) is 14.1. The number of aryl methyl sites for hydroxylation is 1. The molecule has 3 nitrogen and oxygen atoms in total. The molecule has 102 valence electrons. The fourth-order valence-electron chi connectivity index (χ4n) is 1.88. The molecule has 0 aliphatic rings. The summed E-state index contributed by atoms with van der Waals surface area (Å²) in [6.45, 7) is 2.47. The van der Waals surface area contributed by atoms with Crippen LogP contribution >= 0.6 is 38.9 Å². The maximum absolute atomic E-state index is 5.94. The van der Waals surface area contributed by atoms with Gasteiger partial charge in [-0.15, -0.1) is 11.3 Å². The van der Waals surface area contributed by atoms with E-state index >= 15 is 0 Å². The van der Waals surface area contributed by atoms with E-state index in [9.17, 15) is 0 Å². The Morgan fingerprint density at radius 1 is 1.30 bits per heavy atom. The molecule has 0 radical (unpaired) electrons. The van der Waals surface area contributed by atoms with Gasteiger partial charge in [0.2, 0.25) is 11.2 Å². The molecule has 0 saturated heterocycles. The highest BCUT2D eigenvalue weighted by atomic mass is 79.9. The van der Waals surface area contributed by atoms with Gasteiger partial charge in [0.1, 0.15) is 11.4 Å². The minimum absolute atomic E-state index is 0.212. The summed E-state index contributed by atoms with van der Waals surface area (Å²) in [5, 5.41) is 1.12. The first kappa shape index (κ1) is 13.8. The lowest BCUT2D eigenvalue weighted by molar-refractivity contribution is 0.297. The average molecular weight is 370 g/mol. The van der Waals surface area contributed by atoms with Crippen molar-refractivity contribution in [2.75, 3.05) is 0 Å². The number of hydrogen-bond donors (Lipinski definition) is 0. The van der Waals surface area contributed by atoms with E-state index in [-0.39, 0.29) is 5.28 Å². The topological polar surface area (TPSA) is 35.0 Å². The number of aromatic nitrogens is 2. The number of hydrogen-bond acceptors (Lipinski definition) is 4. The number of ether oxygens (including phenoxy) is 1. The Labute approximate surface area is 133 Å². The first-order chi connectivity index (χ1) is 9.61. The van der Waals surface area contributed by atoms with Gasteiger partial charge in [0.25, 0.3) is 0 Å². The van der Waals surface area contributed by atoms with E-state index in [1.807, 2.05) is 37.3 Å². The maximum atomic E-state index is 5.94. The maximum Gasteiger partial charge on any atom is 0.227 e. The molecular weight excluding hydrogens is 360 g/mol. The molecule has 2 heterocycles. The second kappa shape index (κ2) is 5.68. The zero-order valence-electron chi connectivity index (χ0n) is 10.6. The summed E-state index contributed by atoms with van der Waals surface area (Å²) in [5.41, 5.74) is 1.06. The molecule has 2 aromatic heterocycles. The van der Waals surface area contributed by atoms with Gasteiger partial charge in [-0.05, 0) is 42.3 Å². The molecule has 0 bridgehead atoms. The fraction of sp³-hybridized carbons (Fsp3) is 0.143. The Morgan fingerprint density at radius 3 is 2.95 bits per heavy atom. The van der Waals surface area contributed by atoms with Gasteiger partial charge in [0, 0.05) is 9.35 Å². The van der Waals surface area contributed by atoms with E-state index in [4.69, 9.17) is 16.3 Å². The van der Waals surface area contributed by atoms with E-state index < -0.39 is 0 Å². The monoisotopic (exact) mass is 368 g/mol. The number of nitrogens with zero attached hydrogens (tertiary/aromatic N) is 2. The fourth-order valence-corrected chi connectivity index (χ4v) is 3.41. The number of thiophene rings is 1. The average Bonchev–Trinajstić information content (AvgIpc) is 2.76. The third-order valence-corrected chi connectivity index (χ3v) is 4.32. The molecule has 20 heavy (non-hydrogen) atoms. The van der Waals surface area contributed by atoms with Crippen LogP contribution in [0.3, 0.4) is 0 Å². The van der Waals surface area contributed by atoms with Crippen LogP contribution in [-0.2, 0) is 6.61 Å². The van der Waals surface area contributed by atoms with Crippen LogP contribution in [0.1, 0.15) is 10.4 Å². The lowest BCUT2D eigenvalue weighted by Gasteiger charge is -2.07. The summed E-state index contributed by atoms with van der Waals surface area (Å²) >= 11 is 11.0. The third kappa shape index (κ3) is 2.95. The largest absolute Gasteiger partial charge is 0.472 e. The number of halogens is 2. The minimum atomic E-state index is 0.212. The minimum Gasteiger partial charge on any atom is -0.472 e. The van der Waals surface area contributed by atoms with Crippen molar-refractivity contribution in [3.05, 3.63) is 50.5 Å². The van der Waals surface area contributed by atoms with Gasteiger partial charge < -0.3 is 4.74 Å². The van der Waals surface area contributed by atoms with Crippen LogP contribution < -0.4 is 4.74 Å². The van der Waals surface area contributed by atoms with E-state index in [1.165, 1.54) is 0 Å². The van der Waals surface area contributed by atoms with Crippen LogP contribution in [0.2, 0.25) is 5.28 Å². The molecule has 0 saturated carbocycles. The second-order valence-corrected chi connectivity index (χ2v) is 6.78. The summed E-state index contributed by atoms with van der Waals surface area (Å²) in [4.78, 5) is 10.4. The zero-order valence-corrected chi connectivity index (χ0v) is 13.7. The van der Waals surface area contributed by atoms with Gasteiger partial charge in [-0.2, -0.15) is 4.98 Å². The first-order valence-corrected chi connectivity index (χ1v) is 7.91. The van der Waals surface area contributed by atoms with Crippen LogP contribution in [-0.4, -0.2) is 9.97 Å². The van der Waals surface area contributed by atoms with Gasteiger partial charge in [-0.25, -0.2) is 4.98 Å². The van der Waals surface area contributed by atoms with E-state index in [1.54, 1.807) is 11.3 Å². The lowest BCUT2D eigenvalue weighted by Crippen LogP contribution is -1.98. The standard InChI is InChI=1S/C14H10BrClN2OS/c1-8-5-11-12(17-14(16)18-13(11)20-8)19-7-9-3-2-4-10(15)6-9/h2-6H,7H2,1H3. The van der Waals surface area contributed by atoms with Gasteiger partial charge in [0.15, 0.2) is 0 Å². The molecular formula is C14H10BrClN2OS. The second-order valence-electron chi connectivity index (χ2n) is 4.29. The van der Waals surface area contributed by atoms with Crippen molar-refractivity contribution in [3.63, 3.8) is 0 Å². The number of benzene rings is 1. The Bertz CT molecular complexity index is 775. The van der Waals surface area contributed by atoms with E-state index in [0.717, 1.165) is 25.1 Å². The van der Waals surface area contributed by atoms with E-state index in [2.05, 4.69) is 25.9 Å². The molecule has 0 atom stereocenters. The summed E-state index contributed by atoms with van der Waals surface area (Å²) < 4.78 is 6.83. The number of rotatable bonds is 3. The highest BCUT2D eigenvalue weighted by Gasteiger charge is 2.11. The number of fused-ring (bicyclic) bond motifs is 1. The normalized spacial score (nSPS) is 10.9. The van der Waals surface area contributed by atoms with Crippen LogP contribution in [0.25, 0.3) is 10.2 Å². The quantitative estimate of drug-likeness (QED) is 0.610. The van der Waals surface area contributed by atoms with Crippen LogP contribution in [0.15, 0.2) is 34.8 Å². The smallest absolute Gasteiger partial charge is 0.227 e. The van der Waals surface area contributed by atoms with Crippen LogP contribution in [0, 0.1) is 6.92 Å². The summed E-state index contributed by atoms with van der Waals surface area (Å²) in [5.74, 6) is 0.532. The Balaban J connectivity index is 1.90. The summed E-state index contributed by atoms with van der Waals surface area (Å²) in [6, 6.07) is 9.99. The highest BCUT2D eigenvalue weighted by Crippen LogP contribution is 2.31. The van der Waals surface area contributed by atoms with Gasteiger partial charge >= 0.3 is 0 Å². The molecule has 0 aliphatic heterocycles. The SMILES string of the molecule is Cc1cc2c(OCc3cccc(Br)c3)nc(Cl)nc2s1. The third-order valence-electron chi connectivity index (χ3n) is 2.72. The van der Waals surface area contributed by atoms with Gasteiger partial charge in [-0.1, -0.05) is 28.1 Å². The first-order valence-electron chi connectivity index (χ1n) is 5.93. The van der Waals surface area contributed by atoms with Crippen molar-refractivity contribution < 1.29 is 4.74 Å². The van der Waals surface area contributed by atoms with Crippen LogP contribution in [0.5, 0.6) is 5.88 Å². The molecule has 0 spiro atoms. The van der Waals surface area contributed by atoms with Gasteiger partial charge in [0.05, 0.1) is 5.39 Å². The van der Waals surface area contributed by atoms with Crippen molar-refractivity contribution in [3.8, 4) is 5.88 Å². The molecule has 1 aromatic carbocycles. The summed E-state index contributed by atoms with van der Waals surface area (Å²) in [7, 11) is 0. The molecule has 0 amide bonds. The summed E-state index contributed by atoms with van der Waals surface area (Å²) in [6.07, 6.45) is 0. The molecule has 0 unspecified atom stereocenters. The molecule has 0 N–H and O–H groups in total. The Morgan fingerprint density at radius 2 is 2.15 bits per heavy atom. The molecule has 0 aliphatic carbocycles. The predicted octanol–water partition coefficient (Wildman–Crippen LogP) is 4.99.